The Kier molecular flexibility index (Phi) is 1.38. The molecule has 1 fully saturated rings. The van der Waals surface area contributed by atoms with Crippen molar-refractivity contribution in [3.05, 3.63) is 23.8 Å². The highest BCUT2D eigenvalue weighted by Crippen LogP contribution is 2.43. The van der Waals surface area contributed by atoms with Gasteiger partial charge in [0.1, 0.15) is 0 Å². The third-order valence-corrected chi connectivity index (χ3v) is 3.33. The Hall–Kier alpha value is -1.09. The van der Waals surface area contributed by atoms with Gasteiger partial charge in [0, 0.05) is 0 Å². The van der Waals surface area contributed by atoms with Crippen molar-refractivity contribution in [3.63, 3.8) is 0 Å². The summed E-state index contributed by atoms with van der Waals surface area (Å²) in [7, 11) is 0. The van der Waals surface area contributed by atoms with E-state index in [1.54, 1.807) is 11.3 Å². The van der Waals surface area contributed by atoms with Crippen molar-refractivity contribution in [2.45, 2.75) is 18.8 Å². The smallest absolute Gasteiger partial charge is 0.181 e. The molecule has 1 aromatic carbocycles. The van der Waals surface area contributed by atoms with Crippen LogP contribution in [0.4, 0.5) is 5.13 Å². The van der Waals surface area contributed by atoms with Crippen molar-refractivity contribution < 1.29 is 0 Å². The van der Waals surface area contributed by atoms with Crippen LogP contribution < -0.4 is 5.73 Å². The third-order valence-electron chi connectivity index (χ3n) is 2.48. The molecule has 0 amide bonds. The van der Waals surface area contributed by atoms with E-state index in [1.165, 1.54) is 23.1 Å². The SMILES string of the molecule is Nc1nc2c(C3CC3)cccc2s1. The van der Waals surface area contributed by atoms with Crippen molar-refractivity contribution in [3.8, 4) is 0 Å². The van der Waals surface area contributed by atoms with Crippen LogP contribution in [-0.4, -0.2) is 4.98 Å². The van der Waals surface area contributed by atoms with Crippen LogP contribution in [0.2, 0.25) is 0 Å². The molecule has 1 aromatic heterocycles. The second-order valence-electron chi connectivity index (χ2n) is 3.52. The molecule has 0 spiro atoms. The number of para-hydroxylation sites is 1. The van der Waals surface area contributed by atoms with Gasteiger partial charge in [0.25, 0.3) is 0 Å². The molecule has 3 rings (SSSR count). The summed E-state index contributed by atoms with van der Waals surface area (Å²) in [5.41, 5.74) is 8.21. The Morgan fingerprint density at radius 1 is 1.38 bits per heavy atom. The first-order valence-electron chi connectivity index (χ1n) is 4.49. The molecule has 0 radical (unpaired) electrons. The number of thiazole rings is 1. The summed E-state index contributed by atoms with van der Waals surface area (Å²) in [6, 6.07) is 6.38. The highest BCUT2D eigenvalue weighted by molar-refractivity contribution is 7.22. The van der Waals surface area contributed by atoms with E-state index < -0.39 is 0 Å². The van der Waals surface area contributed by atoms with Gasteiger partial charge in [-0.1, -0.05) is 23.5 Å². The molecular formula is C10H10N2S. The minimum absolute atomic E-state index is 0.683. The molecule has 0 aliphatic heterocycles. The lowest BCUT2D eigenvalue weighted by atomic mass is 10.1. The number of aromatic nitrogens is 1. The largest absolute Gasteiger partial charge is 0.375 e. The number of rotatable bonds is 1. The second-order valence-corrected chi connectivity index (χ2v) is 4.58. The van der Waals surface area contributed by atoms with Crippen LogP contribution in [0, 0.1) is 0 Å². The quantitative estimate of drug-likeness (QED) is 0.751. The molecular weight excluding hydrogens is 180 g/mol. The van der Waals surface area contributed by atoms with Gasteiger partial charge >= 0.3 is 0 Å². The van der Waals surface area contributed by atoms with Crippen molar-refractivity contribution in [1.82, 2.24) is 4.98 Å². The Balaban J connectivity index is 2.31. The summed E-state index contributed by atoms with van der Waals surface area (Å²) in [5, 5.41) is 0.683. The number of anilines is 1. The third kappa shape index (κ3) is 1.11. The maximum Gasteiger partial charge on any atom is 0.181 e. The summed E-state index contributed by atoms with van der Waals surface area (Å²) in [6.07, 6.45) is 2.63. The number of nitrogens with zero attached hydrogens (tertiary/aromatic N) is 1. The fourth-order valence-corrected chi connectivity index (χ4v) is 2.48. The van der Waals surface area contributed by atoms with Crippen LogP contribution in [0.25, 0.3) is 10.2 Å². The summed E-state index contributed by atoms with van der Waals surface area (Å²) in [5.74, 6) is 0.755. The summed E-state index contributed by atoms with van der Waals surface area (Å²) in [6.45, 7) is 0. The van der Waals surface area contributed by atoms with E-state index in [1.807, 2.05) is 0 Å². The molecule has 66 valence electrons. The van der Waals surface area contributed by atoms with Crippen molar-refractivity contribution in [2.75, 3.05) is 5.73 Å². The maximum atomic E-state index is 5.69. The van der Waals surface area contributed by atoms with E-state index in [0.717, 1.165) is 11.4 Å². The van der Waals surface area contributed by atoms with E-state index in [9.17, 15) is 0 Å². The Morgan fingerprint density at radius 2 is 2.23 bits per heavy atom. The maximum absolute atomic E-state index is 5.69. The van der Waals surface area contributed by atoms with Crippen LogP contribution in [0.3, 0.4) is 0 Å². The normalized spacial score (nSPS) is 16.6. The van der Waals surface area contributed by atoms with Gasteiger partial charge in [-0.2, -0.15) is 0 Å². The minimum atomic E-state index is 0.683. The van der Waals surface area contributed by atoms with E-state index in [-0.39, 0.29) is 0 Å². The average molecular weight is 190 g/mol. The minimum Gasteiger partial charge on any atom is -0.375 e. The van der Waals surface area contributed by atoms with Gasteiger partial charge < -0.3 is 5.73 Å². The monoisotopic (exact) mass is 190 g/mol. The van der Waals surface area contributed by atoms with Crippen LogP contribution in [-0.2, 0) is 0 Å². The lowest BCUT2D eigenvalue weighted by Crippen LogP contribution is -1.83. The van der Waals surface area contributed by atoms with E-state index >= 15 is 0 Å². The molecule has 0 unspecified atom stereocenters. The molecule has 3 heteroatoms. The molecule has 0 atom stereocenters. The highest BCUT2D eigenvalue weighted by Gasteiger charge is 2.26. The zero-order valence-electron chi connectivity index (χ0n) is 7.16. The van der Waals surface area contributed by atoms with E-state index in [0.29, 0.717) is 5.13 Å². The van der Waals surface area contributed by atoms with Crippen LogP contribution in [0.5, 0.6) is 0 Å². The number of hydrogen-bond acceptors (Lipinski definition) is 3. The molecule has 1 saturated carbocycles. The molecule has 1 aliphatic rings. The molecule has 0 bridgehead atoms. The van der Waals surface area contributed by atoms with E-state index in [2.05, 4.69) is 23.2 Å². The van der Waals surface area contributed by atoms with Crippen LogP contribution >= 0.6 is 11.3 Å². The fraction of sp³-hybridized carbons (Fsp3) is 0.300. The van der Waals surface area contributed by atoms with E-state index in [4.69, 9.17) is 5.73 Å². The van der Waals surface area contributed by atoms with Gasteiger partial charge in [0.2, 0.25) is 0 Å². The Bertz CT molecular complexity index is 457. The summed E-state index contributed by atoms with van der Waals surface area (Å²) in [4.78, 5) is 4.37. The van der Waals surface area contributed by atoms with Crippen molar-refractivity contribution in [1.29, 1.82) is 0 Å². The molecule has 0 saturated heterocycles. The average Bonchev–Trinajstić information content (AvgIpc) is 2.86. The van der Waals surface area contributed by atoms with Crippen LogP contribution in [0.15, 0.2) is 18.2 Å². The Labute approximate surface area is 80.4 Å². The fourth-order valence-electron chi connectivity index (χ4n) is 1.71. The molecule has 2 N–H and O–H groups in total. The molecule has 1 aliphatic carbocycles. The summed E-state index contributed by atoms with van der Waals surface area (Å²) < 4.78 is 1.22. The molecule has 1 heterocycles. The van der Waals surface area contributed by atoms with Crippen molar-refractivity contribution >= 4 is 26.7 Å². The topological polar surface area (TPSA) is 38.9 Å². The second kappa shape index (κ2) is 2.45. The van der Waals surface area contributed by atoms with Crippen LogP contribution in [0.1, 0.15) is 24.3 Å². The summed E-state index contributed by atoms with van der Waals surface area (Å²) >= 11 is 1.58. The predicted octanol–water partition coefficient (Wildman–Crippen LogP) is 2.76. The lowest BCUT2D eigenvalue weighted by molar-refractivity contribution is 1.14. The van der Waals surface area contributed by atoms with Crippen molar-refractivity contribution in [2.24, 2.45) is 0 Å². The van der Waals surface area contributed by atoms with Gasteiger partial charge in [-0.15, -0.1) is 0 Å². The number of nitrogen functional groups attached to an aromatic ring is 1. The van der Waals surface area contributed by atoms with Gasteiger partial charge in [-0.25, -0.2) is 4.98 Å². The first kappa shape index (κ1) is 7.33. The zero-order valence-corrected chi connectivity index (χ0v) is 7.97. The highest BCUT2D eigenvalue weighted by atomic mass is 32.1. The number of hydrogen-bond donors (Lipinski definition) is 1. The first-order valence-corrected chi connectivity index (χ1v) is 5.31. The molecule has 13 heavy (non-hydrogen) atoms. The first-order chi connectivity index (χ1) is 6.34. The molecule has 2 nitrogen and oxygen atoms in total. The van der Waals surface area contributed by atoms with Gasteiger partial charge in [0.05, 0.1) is 10.2 Å². The molecule has 2 aromatic rings. The predicted molar refractivity (Wildman–Crippen MR) is 56.0 cm³/mol. The number of fused-ring (bicyclic) bond motifs is 1. The Morgan fingerprint density at radius 3 is 3.00 bits per heavy atom. The number of benzene rings is 1. The standard InChI is InChI=1S/C10H10N2S/c11-10-12-9-7(6-4-5-6)2-1-3-8(9)13-10/h1-3,6H,4-5H2,(H2,11,12). The number of nitrogens with two attached hydrogens (primary N) is 1. The van der Waals surface area contributed by atoms with Gasteiger partial charge in [-0.3, -0.25) is 0 Å². The van der Waals surface area contributed by atoms with Gasteiger partial charge in [-0.05, 0) is 30.4 Å². The van der Waals surface area contributed by atoms with Gasteiger partial charge in [0.15, 0.2) is 5.13 Å². The lowest BCUT2D eigenvalue weighted by Gasteiger charge is -1.97. The zero-order chi connectivity index (χ0) is 8.84.